The first-order chi connectivity index (χ1) is 9.08. The third-order valence-corrected chi connectivity index (χ3v) is 3.10. The number of rotatable bonds is 5. The van der Waals surface area contributed by atoms with Crippen molar-refractivity contribution < 1.29 is 14.3 Å². The summed E-state index contributed by atoms with van der Waals surface area (Å²) in [6.45, 7) is 5.79. The monoisotopic (exact) mass is 279 g/mol. The number of thiophene rings is 1. The average Bonchev–Trinajstić information content (AvgIpc) is 2.71. The summed E-state index contributed by atoms with van der Waals surface area (Å²) in [7, 11) is 0. The van der Waals surface area contributed by atoms with Gasteiger partial charge in [-0.05, 0) is 26.8 Å². The van der Waals surface area contributed by atoms with Crippen LogP contribution in [0.15, 0.2) is 30.4 Å². The van der Waals surface area contributed by atoms with Gasteiger partial charge in [0, 0.05) is 11.0 Å². The number of carbonyl (C=O) groups is 2. The number of hydrogen-bond acceptors (Lipinski definition) is 4. The molecular weight excluding hydrogens is 262 g/mol. The van der Waals surface area contributed by atoms with Gasteiger partial charge < -0.3 is 10.1 Å². The number of anilines is 1. The molecule has 0 saturated carbocycles. The van der Waals surface area contributed by atoms with Gasteiger partial charge in [-0.25, -0.2) is 4.79 Å². The van der Waals surface area contributed by atoms with E-state index in [-0.39, 0.29) is 5.91 Å². The topological polar surface area (TPSA) is 55.4 Å². The summed E-state index contributed by atoms with van der Waals surface area (Å²) in [5, 5.41) is 3.21. The van der Waals surface area contributed by atoms with Crippen LogP contribution < -0.4 is 5.32 Å². The van der Waals surface area contributed by atoms with Crippen molar-refractivity contribution in [1.29, 1.82) is 0 Å². The van der Waals surface area contributed by atoms with Crippen LogP contribution in [0.2, 0.25) is 0 Å². The van der Waals surface area contributed by atoms with Crippen LogP contribution in [0, 0.1) is 6.92 Å². The fraction of sp³-hybridized carbons (Fsp3) is 0.286. The van der Waals surface area contributed by atoms with Crippen molar-refractivity contribution in [1.82, 2.24) is 0 Å². The summed E-state index contributed by atoms with van der Waals surface area (Å²) in [5.41, 5.74) is 0.400. The minimum atomic E-state index is -0.417. The Morgan fingerprint density at radius 2 is 2.16 bits per heavy atom. The smallest absolute Gasteiger partial charge is 0.341 e. The zero-order valence-corrected chi connectivity index (χ0v) is 12.0. The molecule has 0 fully saturated rings. The first-order valence-corrected chi connectivity index (χ1v) is 6.78. The van der Waals surface area contributed by atoms with Crippen LogP contribution in [0.3, 0.4) is 0 Å². The Balaban J connectivity index is 2.83. The molecule has 4 nitrogen and oxygen atoms in total. The Labute approximate surface area is 116 Å². The summed E-state index contributed by atoms with van der Waals surface area (Å²) < 4.78 is 4.95. The molecule has 1 heterocycles. The molecule has 0 spiro atoms. The van der Waals surface area contributed by atoms with Crippen molar-refractivity contribution in [3.8, 4) is 0 Å². The highest BCUT2D eigenvalue weighted by Gasteiger charge is 2.16. The van der Waals surface area contributed by atoms with Gasteiger partial charge in [0.05, 0.1) is 12.2 Å². The van der Waals surface area contributed by atoms with Gasteiger partial charge in [-0.1, -0.05) is 18.2 Å². The molecule has 1 aromatic heterocycles. The molecule has 1 N–H and O–H groups in total. The van der Waals surface area contributed by atoms with Crippen molar-refractivity contribution in [2.75, 3.05) is 11.9 Å². The Morgan fingerprint density at radius 3 is 2.79 bits per heavy atom. The van der Waals surface area contributed by atoms with Crippen molar-refractivity contribution >= 4 is 28.2 Å². The third-order valence-electron chi connectivity index (χ3n) is 2.14. The molecular formula is C14H17NO3S. The van der Waals surface area contributed by atoms with E-state index in [1.807, 2.05) is 19.9 Å². The molecule has 0 saturated heterocycles. The van der Waals surface area contributed by atoms with Gasteiger partial charge >= 0.3 is 5.97 Å². The molecule has 1 amide bonds. The molecule has 0 aromatic carbocycles. The number of nitrogens with one attached hydrogen (secondary N) is 1. The number of carbonyl (C=O) groups excluding carboxylic acids is 2. The van der Waals surface area contributed by atoms with Gasteiger partial charge in [0.2, 0.25) is 5.91 Å². The largest absolute Gasteiger partial charge is 0.462 e. The molecule has 19 heavy (non-hydrogen) atoms. The highest BCUT2D eigenvalue weighted by atomic mass is 32.1. The summed E-state index contributed by atoms with van der Waals surface area (Å²) in [6.07, 6.45) is 6.62. The van der Waals surface area contributed by atoms with Crippen LogP contribution in [0.25, 0.3) is 0 Å². The van der Waals surface area contributed by atoms with Crippen LogP contribution in [-0.2, 0) is 9.53 Å². The lowest BCUT2D eigenvalue weighted by Gasteiger charge is -2.03. The summed E-state index contributed by atoms with van der Waals surface area (Å²) in [4.78, 5) is 24.3. The van der Waals surface area contributed by atoms with Gasteiger partial charge in [0.25, 0.3) is 0 Å². The maximum Gasteiger partial charge on any atom is 0.341 e. The predicted molar refractivity (Wildman–Crippen MR) is 77.6 cm³/mol. The van der Waals surface area contributed by atoms with E-state index in [9.17, 15) is 9.59 Å². The molecule has 0 aliphatic rings. The third kappa shape index (κ3) is 4.71. The Bertz CT molecular complexity index is 515. The zero-order chi connectivity index (χ0) is 14.3. The first-order valence-electron chi connectivity index (χ1n) is 5.96. The Hall–Kier alpha value is -1.88. The van der Waals surface area contributed by atoms with Crippen LogP contribution in [0.1, 0.15) is 29.1 Å². The van der Waals surface area contributed by atoms with E-state index in [0.29, 0.717) is 17.2 Å². The number of ether oxygens (including phenoxy) is 1. The van der Waals surface area contributed by atoms with Crippen LogP contribution >= 0.6 is 11.3 Å². The fourth-order valence-corrected chi connectivity index (χ4v) is 2.28. The maximum absolute atomic E-state index is 11.7. The molecule has 0 unspecified atom stereocenters. The molecule has 0 radical (unpaired) electrons. The van der Waals surface area contributed by atoms with Gasteiger partial charge in [-0.2, -0.15) is 0 Å². The quantitative estimate of drug-likeness (QED) is 0.511. The summed E-state index contributed by atoms with van der Waals surface area (Å²) >= 11 is 1.35. The van der Waals surface area contributed by atoms with Gasteiger partial charge in [0.1, 0.15) is 5.00 Å². The second kappa shape index (κ2) is 7.53. The minimum Gasteiger partial charge on any atom is -0.462 e. The molecule has 5 heteroatoms. The summed E-state index contributed by atoms with van der Waals surface area (Å²) in [5.74, 6) is -0.690. The lowest BCUT2D eigenvalue weighted by Crippen LogP contribution is -2.11. The minimum absolute atomic E-state index is 0.273. The standard InChI is InChI=1S/C14H17NO3S/c1-4-6-7-8-12(16)15-13-11(9-10(3)19-13)14(17)18-5-2/h4,6-9H,5H2,1-3H3,(H,15,16). The predicted octanol–water partition coefficient (Wildman–Crippen LogP) is 3.30. The lowest BCUT2D eigenvalue weighted by molar-refractivity contribution is -0.111. The second-order valence-electron chi connectivity index (χ2n) is 3.69. The highest BCUT2D eigenvalue weighted by Crippen LogP contribution is 2.28. The van der Waals surface area contributed by atoms with Crippen molar-refractivity contribution in [2.45, 2.75) is 20.8 Å². The van der Waals surface area contributed by atoms with Crippen molar-refractivity contribution in [2.24, 2.45) is 0 Å². The summed E-state index contributed by atoms with van der Waals surface area (Å²) in [6, 6.07) is 1.72. The van der Waals surface area contributed by atoms with Gasteiger partial charge in [-0.15, -0.1) is 11.3 Å². The SMILES string of the molecule is CC=CC=CC(=O)Nc1sc(C)cc1C(=O)OCC. The zero-order valence-electron chi connectivity index (χ0n) is 11.2. The normalized spacial score (nSPS) is 11.1. The maximum atomic E-state index is 11.7. The van der Waals surface area contributed by atoms with Gasteiger partial charge in [0.15, 0.2) is 0 Å². The highest BCUT2D eigenvalue weighted by molar-refractivity contribution is 7.16. The fourth-order valence-electron chi connectivity index (χ4n) is 1.38. The van der Waals surface area contributed by atoms with Crippen LogP contribution in [0.4, 0.5) is 5.00 Å². The molecule has 0 atom stereocenters. The molecule has 0 aliphatic heterocycles. The van der Waals surface area contributed by atoms with E-state index >= 15 is 0 Å². The molecule has 0 aliphatic carbocycles. The number of aryl methyl sites for hydroxylation is 1. The number of esters is 1. The second-order valence-corrected chi connectivity index (χ2v) is 4.95. The average molecular weight is 279 g/mol. The molecule has 1 rings (SSSR count). The molecule has 0 bridgehead atoms. The van der Waals surface area contributed by atoms with E-state index < -0.39 is 5.97 Å². The Morgan fingerprint density at radius 1 is 1.42 bits per heavy atom. The van der Waals surface area contributed by atoms with E-state index in [1.54, 1.807) is 25.1 Å². The van der Waals surface area contributed by atoms with E-state index in [0.717, 1.165) is 4.88 Å². The Kier molecular flexibility index (Phi) is 6.02. The number of allylic oxidation sites excluding steroid dienone is 3. The molecule has 1 aromatic rings. The lowest BCUT2D eigenvalue weighted by atomic mass is 10.3. The van der Waals surface area contributed by atoms with Crippen molar-refractivity contribution in [3.05, 3.63) is 40.8 Å². The molecule has 102 valence electrons. The van der Waals surface area contributed by atoms with Crippen LogP contribution in [0.5, 0.6) is 0 Å². The van der Waals surface area contributed by atoms with Crippen LogP contribution in [-0.4, -0.2) is 18.5 Å². The number of hydrogen-bond donors (Lipinski definition) is 1. The van der Waals surface area contributed by atoms with Crippen molar-refractivity contribution in [3.63, 3.8) is 0 Å². The van der Waals surface area contributed by atoms with E-state index in [1.165, 1.54) is 17.4 Å². The number of amides is 1. The first kappa shape index (κ1) is 15.2. The van der Waals surface area contributed by atoms with Gasteiger partial charge in [-0.3, -0.25) is 4.79 Å². The van der Waals surface area contributed by atoms with E-state index in [2.05, 4.69) is 5.32 Å². The van der Waals surface area contributed by atoms with E-state index in [4.69, 9.17) is 4.74 Å².